The number of piperidine rings is 1. The Hall–Kier alpha value is -4.25. The van der Waals surface area contributed by atoms with Crippen molar-refractivity contribution in [2.45, 2.75) is 6.42 Å². The van der Waals surface area contributed by atoms with Crippen molar-refractivity contribution in [3.8, 4) is 0 Å². The van der Waals surface area contributed by atoms with Crippen molar-refractivity contribution in [3.05, 3.63) is 59.8 Å². The predicted octanol–water partition coefficient (Wildman–Crippen LogP) is 1.84. The van der Waals surface area contributed by atoms with E-state index in [1.807, 2.05) is 4.90 Å². The van der Waals surface area contributed by atoms with E-state index in [1.54, 1.807) is 42.0 Å². The van der Waals surface area contributed by atoms with Gasteiger partial charge in [0.2, 0.25) is 5.91 Å². The zero-order chi connectivity index (χ0) is 24.5. The van der Waals surface area contributed by atoms with Crippen molar-refractivity contribution >= 4 is 40.4 Å². The third-order valence-electron chi connectivity index (χ3n) is 6.73. The van der Waals surface area contributed by atoms with Gasteiger partial charge in [0, 0.05) is 43.0 Å². The Morgan fingerprint density at radius 3 is 2.46 bits per heavy atom. The van der Waals surface area contributed by atoms with Crippen molar-refractivity contribution in [1.82, 2.24) is 20.3 Å². The van der Waals surface area contributed by atoms with E-state index in [0.717, 1.165) is 25.3 Å². The second kappa shape index (κ2) is 9.18. The number of hydrogen-bond donors (Lipinski definition) is 4. The fourth-order valence-corrected chi connectivity index (χ4v) is 4.82. The molecule has 2 unspecified atom stereocenters. The van der Waals surface area contributed by atoms with Crippen LogP contribution in [0.3, 0.4) is 0 Å². The van der Waals surface area contributed by atoms with E-state index in [0.29, 0.717) is 52.8 Å². The van der Waals surface area contributed by atoms with Crippen molar-refractivity contribution in [3.63, 3.8) is 0 Å². The highest BCUT2D eigenvalue weighted by atomic mass is 16.5. The summed E-state index contributed by atoms with van der Waals surface area (Å²) in [5, 5.41) is 11.6. The highest BCUT2D eigenvalue weighted by Crippen LogP contribution is 2.33. The molecule has 0 bridgehead atoms. The fraction of sp³-hybridized carbons (Fsp3) is 0.292. The normalized spacial score (nSPS) is 19.3. The third kappa shape index (κ3) is 4.58. The summed E-state index contributed by atoms with van der Waals surface area (Å²) in [7, 11) is 0. The summed E-state index contributed by atoms with van der Waals surface area (Å²) in [5.74, 6) is 0.403. The van der Waals surface area contributed by atoms with Gasteiger partial charge >= 0.3 is 6.03 Å². The molecule has 0 radical (unpaired) electrons. The Morgan fingerprint density at radius 2 is 1.71 bits per heavy atom. The van der Waals surface area contributed by atoms with Crippen LogP contribution >= 0.6 is 0 Å². The van der Waals surface area contributed by atoms with Crippen LogP contribution in [0.4, 0.5) is 16.3 Å². The molecule has 2 aromatic carbocycles. The lowest BCUT2D eigenvalue weighted by atomic mass is 9.89. The van der Waals surface area contributed by atoms with Gasteiger partial charge in [0.15, 0.2) is 0 Å². The first-order chi connectivity index (χ1) is 16.9. The third-order valence-corrected chi connectivity index (χ3v) is 6.73. The van der Waals surface area contributed by atoms with Gasteiger partial charge in [-0.15, -0.1) is 0 Å². The largest absolute Gasteiger partial charge is 0.366 e. The molecule has 0 saturated carbocycles. The lowest BCUT2D eigenvalue weighted by Gasteiger charge is -2.34. The zero-order valence-corrected chi connectivity index (χ0v) is 18.8. The van der Waals surface area contributed by atoms with Gasteiger partial charge in [0.1, 0.15) is 5.82 Å². The molecular weight excluding hydrogens is 450 g/mol. The molecule has 2 saturated heterocycles. The summed E-state index contributed by atoms with van der Waals surface area (Å²) in [5.41, 5.74) is 9.52. The SMILES string of the molecule is NC(=O)c1ccc2nc(N3CCC4CN(C(=O)Nc5ccc(C(=O)NO)cc5)CC4C3)cnc2c1. The molecular formula is C24H25N7O4. The lowest BCUT2D eigenvalue weighted by Crippen LogP contribution is -2.40. The predicted molar refractivity (Wildman–Crippen MR) is 128 cm³/mol. The number of nitrogens with one attached hydrogen (secondary N) is 2. The van der Waals surface area contributed by atoms with Crippen LogP contribution in [0.25, 0.3) is 11.0 Å². The number of hydrogen-bond acceptors (Lipinski definition) is 7. The number of aromatic nitrogens is 2. The van der Waals surface area contributed by atoms with Crippen molar-refractivity contribution in [1.29, 1.82) is 0 Å². The van der Waals surface area contributed by atoms with Gasteiger partial charge in [-0.3, -0.25) is 19.8 Å². The molecule has 35 heavy (non-hydrogen) atoms. The van der Waals surface area contributed by atoms with Crippen LogP contribution in [0.2, 0.25) is 0 Å². The Morgan fingerprint density at radius 1 is 0.971 bits per heavy atom. The van der Waals surface area contributed by atoms with Gasteiger partial charge in [-0.1, -0.05) is 0 Å². The van der Waals surface area contributed by atoms with E-state index >= 15 is 0 Å². The van der Waals surface area contributed by atoms with E-state index in [1.165, 1.54) is 12.1 Å². The number of urea groups is 1. The second-order valence-electron chi connectivity index (χ2n) is 8.90. The van der Waals surface area contributed by atoms with Crippen LogP contribution in [0.1, 0.15) is 27.1 Å². The Balaban J connectivity index is 1.22. The maximum atomic E-state index is 12.8. The van der Waals surface area contributed by atoms with Crippen molar-refractivity contribution in [2.75, 3.05) is 36.4 Å². The van der Waals surface area contributed by atoms with Crippen molar-refractivity contribution in [2.24, 2.45) is 17.6 Å². The Bertz CT molecular complexity index is 1300. The molecule has 0 spiro atoms. The van der Waals surface area contributed by atoms with Gasteiger partial charge < -0.3 is 20.9 Å². The molecule has 11 heteroatoms. The Labute approximate surface area is 200 Å². The number of hydroxylamine groups is 1. The van der Waals surface area contributed by atoms with Gasteiger partial charge in [-0.2, -0.15) is 0 Å². The van der Waals surface area contributed by atoms with Gasteiger partial charge in [0.25, 0.3) is 5.91 Å². The molecule has 0 aliphatic carbocycles. The van der Waals surface area contributed by atoms with E-state index in [-0.39, 0.29) is 6.03 Å². The Kier molecular flexibility index (Phi) is 5.91. The minimum atomic E-state index is -0.609. The van der Waals surface area contributed by atoms with Crippen LogP contribution in [-0.2, 0) is 0 Å². The maximum Gasteiger partial charge on any atom is 0.321 e. The summed E-state index contributed by atoms with van der Waals surface area (Å²) in [6.07, 6.45) is 2.66. The molecule has 3 aromatic rings. The first-order valence-corrected chi connectivity index (χ1v) is 11.3. The topological polar surface area (TPSA) is 154 Å². The van der Waals surface area contributed by atoms with Crippen LogP contribution in [0.15, 0.2) is 48.7 Å². The average Bonchev–Trinajstić information content (AvgIpc) is 3.32. The highest BCUT2D eigenvalue weighted by Gasteiger charge is 2.39. The zero-order valence-electron chi connectivity index (χ0n) is 18.8. The summed E-state index contributed by atoms with van der Waals surface area (Å²) in [6.45, 7) is 2.93. The summed E-state index contributed by atoms with van der Waals surface area (Å²) in [6, 6.07) is 11.2. The number of rotatable bonds is 4. The smallest absolute Gasteiger partial charge is 0.321 e. The van der Waals surface area contributed by atoms with E-state index in [4.69, 9.17) is 15.9 Å². The first-order valence-electron chi connectivity index (χ1n) is 11.3. The standard InChI is InChI=1S/C24H25N7O4/c25-22(32)15-3-6-19-20(9-15)26-10-21(28-19)30-8-7-16-11-31(13-17(16)12-30)24(34)27-18-4-1-14(2-5-18)23(33)29-35/h1-6,9-10,16-17,35H,7-8,11-13H2,(H2,25,32)(H,27,34)(H,29,33). The summed E-state index contributed by atoms with van der Waals surface area (Å²) >= 11 is 0. The number of carbonyl (C=O) groups is 3. The number of anilines is 2. The average molecular weight is 476 g/mol. The molecule has 180 valence electrons. The summed E-state index contributed by atoms with van der Waals surface area (Å²) in [4.78, 5) is 48.9. The van der Waals surface area contributed by atoms with E-state index in [9.17, 15) is 14.4 Å². The molecule has 2 fully saturated rings. The second-order valence-corrected chi connectivity index (χ2v) is 8.90. The van der Waals surface area contributed by atoms with Gasteiger partial charge in [-0.25, -0.2) is 15.3 Å². The van der Waals surface area contributed by atoms with E-state index in [2.05, 4.69) is 15.2 Å². The number of likely N-dealkylation sites (tertiary alicyclic amines) is 1. The van der Waals surface area contributed by atoms with Crippen molar-refractivity contribution < 1.29 is 19.6 Å². The first kappa shape index (κ1) is 22.5. The molecule has 5 N–H and O–H groups in total. The number of amides is 4. The minimum Gasteiger partial charge on any atom is -0.366 e. The monoisotopic (exact) mass is 475 g/mol. The molecule has 4 amide bonds. The lowest BCUT2D eigenvalue weighted by molar-refractivity contribution is 0.0706. The molecule has 1 aromatic heterocycles. The van der Waals surface area contributed by atoms with Crippen LogP contribution in [0, 0.1) is 11.8 Å². The quantitative estimate of drug-likeness (QED) is 0.332. The molecule has 11 nitrogen and oxygen atoms in total. The molecule has 2 atom stereocenters. The number of carbonyl (C=O) groups excluding carboxylic acids is 3. The number of nitrogens with zero attached hydrogens (tertiary/aromatic N) is 4. The van der Waals surface area contributed by atoms with Gasteiger partial charge in [0.05, 0.1) is 17.2 Å². The number of primary amides is 1. The number of nitrogens with two attached hydrogens (primary N) is 1. The molecule has 2 aliphatic heterocycles. The fourth-order valence-electron chi connectivity index (χ4n) is 4.82. The summed E-state index contributed by atoms with van der Waals surface area (Å²) < 4.78 is 0. The van der Waals surface area contributed by atoms with Crippen LogP contribution < -0.4 is 21.4 Å². The number of fused-ring (bicyclic) bond motifs is 2. The van der Waals surface area contributed by atoms with Gasteiger partial charge in [-0.05, 0) is 60.7 Å². The van der Waals surface area contributed by atoms with E-state index < -0.39 is 11.8 Å². The minimum absolute atomic E-state index is 0.180. The molecule has 3 heterocycles. The maximum absolute atomic E-state index is 12.8. The van der Waals surface area contributed by atoms with Crippen LogP contribution in [0.5, 0.6) is 0 Å². The van der Waals surface area contributed by atoms with Crippen LogP contribution in [-0.4, -0.2) is 64.1 Å². The number of benzene rings is 2. The highest BCUT2D eigenvalue weighted by molar-refractivity contribution is 5.96. The molecule has 2 aliphatic rings. The molecule has 5 rings (SSSR count).